The minimum absolute atomic E-state index is 0.141. The van der Waals surface area contributed by atoms with Gasteiger partial charge in [0.25, 0.3) is 5.92 Å². The van der Waals surface area contributed by atoms with Crippen molar-refractivity contribution in [1.29, 1.82) is 0 Å². The van der Waals surface area contributed by atoms with Gasteiger partial charge in [0.05, 0.1) is 19.8 Å². The average Bonchev–Trinajstić information content (AvgIpc) is 2.21. The van der Waals surface area contributed by atoms with Crippen LogP contribution in [0.1, 0.15) is 26.2 Å². The summed E-state index contributed by atoms with van der Waals surface area (Å²) < 4.78 is 65.6. The van der Waals surface area contributed by atoms with Crippen molar-refractivity contribution in [1.82, 2.24) is 0 Å². The molecule has 0 amide bonds. The molecule has 18 heavy (non-hydrogen) atoms. The van der Waals surface area contributed by atoms with Crippen molar-refractivity contribution in [2.75, 3.05) is 19.8 Å². The lowest BCUT2D eigenvalue weighted by molar-refractivity contribution is -0.193. The van der Waals surface area contributed by atoms with Crippen molar-refractivity contribution in [3.05, 3.63) is 0 Å². The van der Waals surface area contributed by atoms with Gasteiger partial charge in [-0.1, -0.05) is 6.92 Å². The molecule has 0 spiro atoms. The molecule has 0 bridgehead atoms. The monoisotopic (exact) mass is 280 g/mol. The van der Waals surface area contributed by atoms with E-state index in [0.717, 1.165) is 0 Å². The van der Waals surface area contributed by atoms with Crippen molar-refractivity contribution >= 4 is 0 Å². The Kier molecular flexibility index (Phi) is 6.45. The lowest BCUT2D eigenvalue weighted by Gasteiger charge is -2.24. The third-order valence-electron chi connectivity index (χ3n) is 2.39. The van der Waals surface area contributed by atoms with E-state index >= 15 is 0 Å². The minimum Gasteiger partial charge on any atom is -0.393 e. The van der Waals surface area contributed by atoms with Crippen LogP contribution in [0.4, 0.5) is 22.0 Å². The Morgan fingerprint density at radius 2 is 1.67 bits per heavy atom. The first-order chi connectivity index (χ1) is 8.04. The van der Waals surface area contributed by atoms with Crippen LogP contribution in [0.25, 0.3) is 0 Å². The van der Waals surface area contributed by atoms with E-state index in [9.17, 15) is 27.1 Å². The molecule has 2 N–H and O–H groups in total. The fourth-order valence-electron chi connectivity index (χ4n) is 1.12. The summed E-state index contributed by atoms with van der Waals surface area (Å²) in [6.45, 7) is -0.0756. The van der Waals surface area contributed by atoms with Gasteiger partial charge in [-0.25, -0.2) is 8.78 Å². The van der Waals surface area contributed by atoms with E-state index < -0.39 is 50.4 Å². The van der Waals surface area contributed by atoms with Crippen molar-refractivity contribution in [2.45, 2.75) is 43.9 Å². The fraction of sp³-hybridized carbons (Fsp3) is 1.00. The molecule has 0 aromatic heterocycles. The number of aliphatic hydroxyl groups excluding tert-OH is 1. The first-order valence-electron chi connectivity index (χ1n) is 5.39. The molecule has 0 radical (unpaired) electrons. The largest absolute Gasteiger partial charge is 0.394 e. The van der Waals surface area contributed by atoms with Gasteiger partial charge in [0.2, 0.25) is 0 Å². The van der Waals surface area contributed by atoms with Crippen LogP contribution in [0.15, 0.2) is 0 Å². The Balaban J connectivity index is 3.97. The molecule has 8 heteroatoms. The van der Waals surface area contributed by atoms with E-state index in [2.05, 4.69) is 4.74 Å². The van der Waals surface area contributed by atoms with Crippen LogP contribution in [0.5, 0.6) is 0 Å². The number of ether oxygens (including phenoxy) is 1. The second-order valence-electron chi connectivity index (χ2n) is 4.19. The molecule has 1 atom stereocenters. The number of aliphatic hydroxyl groups is 2. The van der Waals surface area contributed by atoms with Crippen molar-refractivity contribution in [3.63, 3.8) is 0 Å². The summed E-state index contributed by atoms with van der Waals surface area (Å²) in [5.74, 6) is -3.89. The van der Waals surface area contributed by atoms with Gasteiger partial charge in [-0.15, -0.1) is 0 Å². The SMILES string of the molecule is CCC(O)(CO)COCCC(F)(F)CC(F)(F)F. The smallest absolute Gasteiger partial charge is 0.393 e. The molecular weight excluding hydrogens is 263 g/mol. The second kappa shape index (κ2) is 6.63. The topological polar surface area (TPSA) is 49.7 Å². The highest BCUT2D eigenvalue weighted by molar-refractivity contribution is 4.75. The molecule has 0 aliphatic rings. The summed E-state index contributed by atoms with van der Waals surface area (Å²) in [5, 5.41) is 18.3. The summed E-state index contributed by atoms with van der Waals surface area (Å²) in [6.07, 6.45) is -8.07. The zero-order valence-corrected chi connectivity index (χ0v) is 9.94. The van der Waals surface area contributed by atoms with Crippen LogP contribution in [0, 0.1) is 0 Å². The molecule has 3 nitrogen and oxygen atoms in total. The standard InChI is InChI=1S/C10H17F5O3/c1-2-8(17,6-16)7-18-4-3-9(11,12)5-10(13,14)15/h16-17H,2-7H2,1H3. The molecule has 110 valence electrons. The summed E-state index contributed by atoms with van der Waals surface area (Å²) in [5.41, 5.74) is -1.54. The summed E-state index contributed by atoms with van der Waals surface area (Å²) in [7, 11) is 0. The van der Waals surface area contributed by atoms with Crippen molar-refractivity contribution in [2.24, 2.45) is 0 Å². The molecule has 0 aliphatic heterocycles. The van der Waals surface area contributed by atoms with Crippen LogP contribution in [0.3, 0.4) is 0 Å². The molecule has 0 rings (SSSR count). The van der Waals surface area contributed by atoms with Gasteiger partial charge in [-0.3, -0.25) is 0 Å². The van der Waals surface area contributed by atoms with Crippen molar-refractivity contribution in [3.8, 4) is 0 Å². The van der Waals surface area contributed by atoms with Crippen LogP contribution < -0.4 is 0 Å². The van der Waals surface area contributed by atoms with Gasteiger partial charge in [0.1, 0.15) is 12.0 Å². The number of hydrogen-bond donors (Lipinski definition) is 2. The number of alkyl halides is 5. The number of hydrogen-bond acceptors (Lipinski definition) is 3. The quantitative estimate of drug-likeness (QED) is 0.529. The first-order valence-corrected chi connectivity index (χ1v) is 5.39. The van der Waals surface area contributed by atoms with Gasteiger partial charge in [-0.2, -0.15) is 13.2 Å². The molecule has 0 aromatic carbocycles. The second-order valence-corrected chi connectivity index (χ2v) is 4.19. The highest BCUT2D eigenvalue weighted by Gasteiger charge is 2.43. The van der Waals surface area contributed by atoms with Gasteiger partial charge >= 0.3 is 6.18 Å². The van der Waals surface area contributed by atoms with E-state index in [4.69, 9.17) is 5.11 Å². The Hall–Kier alpha value is -0.470. The van der Waals surface area contributed by atoms with Crippen molar-refractivity contribution < 1.29 is 36.9 Å². The third-order valence-corrected chi connectivity index (χ3v) is 2.39. The van der Waals surface area contributed by atoms with Crippen LogP contribution in [-0.2, 0) is 4.74 Å². The summed E-state index contributed by atoms with van der Waals surface area (Å²) >= 11 is 0. The maximum absolute atomic E-state index is 12.8. The maximum atomic E-state index is 12.8. The fourth-order valence-corrected chi connectivity index (χ4v) is 1.12. The first kappa shape index (κ1) is 17.5. The minimum atomic E-state index is -4.93. The summed E-state index contributed by atoms with van der Waals surface area (Å²) in [4.78, 5) is 0. The Morgan fingerprint density at radius 3 is 2.06 bits per heavy atom. The molecule has 0 aromatic rings. The average molecular weight is 280 g/mol. The van der Waals surface area contributed by atoms with Crippen LogP contribution >= 0.6 is 0 Å². The van der Waals surface area contributed by atoms with E-state index in [0.29, 0.717) is 0 Å². The predicted octanol–water partition coefficient (Wildman–Crippen LogP) is 2.11. The Labute approximate surface area is 102 Å². The van der Waals surface area contributed by atoms with Crippen LogP contribution in [0.2, 0.25) is 0 Å². The normalized spacial score (nSPS) is 16.7. The molecule has 0 saturated carbocycles. The number of rotatable bonds is 8. The molecular formula is C10H17F5O3. The van der Waals surface area contributed by atoms with Gasteiger partial charge in [0.15, 0.2) is 0 Å². The van der Waals surface area contributed by atoms with E-state index in [1.807, 2.05) is 0 Å². The lowest BCUT2D eigenvalue weighted by atomic mass is 10.0. The molecule has 0 fully saturated rings. The number of halogens is 5. The third kappa shape index (κ3) is 7.78. The maximum Gasteiger partial charge on any atom is 0.394 e. The molecule has 0 saturated heterocycles. The van der Waals surface area contributed by atoms with Gasteiger partial charge in [-0.05, 0) is 6.42 Å². The Morgan fingerprint density at radius 1 is 1.11 bits per heavy atom. The highest BCUT2D eigenvalue weighted by atomic mass is 19.4. The summed E-state index contributed by atoms with van der Waals surface area (Å²) in [6, 6.07) is 0. The molecule has 0 heterocycles. The zero-order valence-electron chi connectivity index (χ0n) is 9.94. The van der Waals surface area contributed by atoms with Gasteiger partial charge < -0.3 is 14.9 Å². The van der Waals surface area contributed by atoms with Gasteiger partial charge in [0, 0.05) is 6.42 Å². The van der Waals surface area contributed by atoms with E-state index in [1.165, 1.54) is 0 Å². The highest BCUT2D eigenvalue weighted by Crippen LogP contribution is 2.33. The molecule has 0 aliphatic carbocycles. The van der Waals surface area contributed by atoms with Crippen LogP contribution in [-0.4, -0.2) is 47.7 Å². The van der Waals surface area contributed by atoms with E-state index in [-0.39, 0.29) is 6.42 Å². The predicted molar refractivity (Wildman–Crippen MR) is 53.4 cm³/mol. The molecule has 1 unspecified atom stereocenters. The van der Waals surface area contributed by atoms with E-state index in [1.54, 1.807) is 6.92 Å². The zero-order chi connectivity index (χ0) is 14.4. The lowest BCUT2D eigenvalue weighted by Crippen LogP contribution is -2.38. The Bertz CT molecular complexity index is 238.